The van der Waals surface area contributed by atoms with Crippen LogP contribution in [0, 0.1) is 11.6 Å². The average Bonchev–Trinajstić information content (AvgIpc) is 3.09. The highest BCUT2D eigenvalue weighted by Gasteiger charge is 2.28. The molecule has 3 aromatic rings. The maximum atomic E-state index is 13.6. The second kappa shape index (κ2) is 8.91. The molecular weight excluding hydrogens is 384 g/mol. The quantitative estimate of drug-likeness (QED) is 0.518. The van der Waals surface area contributed by atoms with Crippen LogP contribution in [-0.4, -0.2) is 19.2 Å². The molecule has 0 heterocycles. The van der Waals surface area contributed by atoms with Gasteiger partial charge in [0.2, 0.25) is 0 Å². The molecule has 1 aliphatic rings. The van der Waals surface area contributed by atoms with E-state index in [1.807, 2.05) is 24.3 Å². The molecule has 1 aliphatic carbocycles. The smallest absolute Gasteiger partial charge is 0.407 e. The molecule has 1 N–H and O–H groups in total. The first-order valence-electron chi connectivity index (χ1n) is 9.84. The van der Waals surface area contributed by atoms with Gasteiger partial charge >= 0.3 is 6.09 Å². The van der Waals surface area contributed by atoms with E-state index in [-0.39, 0.29) is 18.1 Å². The molecule has 152 valence electrons. The lowest BCUT2D eigenvalue weighted by Gasteiger charge is -2.14. The van der Waals surface area contributed by atoms with E-state index < -0.39 is 17.7 Å². The van der Waals surface area contributed by atoms with Crippen LogP contribution in [-0.2, 0) is 4.74 Å². The first kappa shape index (κ1) is 19.8. The van der Waals surface area contributed by atoms with Crippen molar-refractivity contribution in [1.29, 1.82) is 0 Å². The maximum Gasteiger partial charge on any atom is 0.407 e. The van der Waals surface area contributed by atoms with Gasteiger partial charge in [0.15, 0.2) is 11.6 Å². The lowest BCUT2D eigenvalue weighted by molar-refractivity contribution is 0.143. The van der Waals surface area contributed by atoms with Crippen molar-refractivity contribution >= 4 is 12.2 Å². The predicted molar refractivity (Wildman–Crippen MR) is 113 cm³/mol. The molecule has 0 saturated carbocycles. The van der Waals surface area contributed by atoms with Crippen LogP contribution in [0.25, 0.3) is 17.2 Å². The summed E-state index contributed by atoms with van der Waals surface area (Å²) in [4.78, 5) is 12.1. The van der Waals surface area contributed by atoms with Gasteiger partial charge < -0.3 is 10.1 Å². The number of carbonyl (C=O) groups excluding carboxylic acids is 1. The highest BCUT2D eigenvalue weighted by Crippen LogP contribution is 2.44. The third-order valence-corrected chi connectivity index (χ3v) is 5.20. The minimum absolute atomic E-state index is 0.0130. The summed E-state index contributed by atoms with van der Waals surface area (Å²) in [6.45, 7) is 0.592. The van der Waals surface area contributed by atoms with E-state index in [9.17, 15) is 13.6 Å². The van der Waals surface area contributed by atoms with Crippen molar-refractivity contribution in [2.75, 3.05) is 13.2 Å². The van der Waals surface area contributed by atoms with Gasteiger partial charge in [-0.05, 0) is 34.7 Å². The van der Waals surface area contributed by atoms with E-state index in [4.69, 9.17) is 4.74 Å². The van der Waals surface area contributed by atoms with Crippen LogP contribution in [0.1, 0.15) is 29.0 Å². The lowest BCUT2D eigenvalue weighted by atomic mass is 9.98. The molecule has 0 atom stereocenters. The number of rotatable bonds is 6. The summed E-state index contributed by atoms with van der Waals surface area (Å²) in [5.41, 5.74) is 4.85. The van der Waals surface area contributed by atoms with Crippen molar-refractivity contribution in [3.05, 3.63) is 101 Å². The summed E-state index contributed by atoms with van der Waals surface area (Å²) < 4.78 is 32.2. The van der Waals surface area contributed by atoms with E-state index in [1.54, 1.807) is 6.08 Å². The van der Waals surface area contributed by atoms with Crippen LogP contribution in [0.4, 0.5) is 13.6 Å². The average molecular weight is 405 g/mol. The first-order valence-corrected chi connectivity index (χ1v) is 9.84. The number of ether oxygens (including phenoxy) is 1. The summed E-state index contributed by atoms with van der Waals surface area (Å²) in [6, 6.07) is 20.3. The van der Waals surface area contributed by atoms with E-state index in [0.717, 1.165) is 17.2 Å². The second-order valence-electron chi connectivity index (χ2n) is 7.09. The third-order valence-electron chi connectivity index (χ3n) is 5.20. The monoisotopic (exact) mass is 405 g/mol. The Morgan fingerprint density at radius 2 is 1.60 bits per heavy atom. The molecule has 0 aromatic heterocycles. The molecule has 5 heteroatoms. The Labute approximate surface area is 174 Å². The lowest BCUT2D eigenvalue weighted by Crippen LogP contribution is -2.26. The first-order chi connectivity index (χ1) is 14.6. The van der Waals surface area contributed by atoms with E-state index in [2.05, 4.69) is 29.6 Å². The molecule has 0 aliphatic heterocycles. The Bertz CT molecular complexity index is 1050. The van der Waals surface area contributed by atoms with Crippen molar-refractivity contribution in [1.82, 2.24) is 5.32 Å². The summed E-state index contributed by atoms with van der Waals surface area (Å²) in [5, 5.41) is 2.69. The molecule has 0 saturated heterocycles. The molecule has 3 aromatic carbocycles. The predicted octanol–water partition coefficient (Wildman–Crippen LogP) is 5.91. The largest absolute Gasteiger partial charge is 0.449 e. The van der Waals surface area contributed by atoms with Gasteiger partial charge in [-0.2, -0.15) is 0 Å². The van der Waals surface area contributed by atoms with E-state index in [0.29, 0.717) is 13.0 Å². The van der Waals surface area contributed by atoms with Gasteiger partial charge in [0.1, 0.15) is 6.61 Å². The topological polar surface area (TPSA) is 38.3 Å². The molecule has 0 unspecified atom stereocenters. The molecular formula is C25H21F2NO2. The highest BCUT2D eigenvalue weighted by molar-refractivity contribution is 5.79. The Kier molecular flexibility index (Phi) is 5.89. The van der Waals surface area contributed by atoms with Crippen LogP contribution >= 0.6 is 0 Å². The number of fused-ring (bicyclic) bond motifs is 3. The highest BCUT2D eigenvalue weighted by atomic mass is 19.2. The Morgan fingerprint density at radius 3 is 2.30 bits per heavy atom. The van der Waals surface area contributed by atoms with Crippen LogP contribution in [0.15, 0.2) is 72.8 Å². The number of halogens is 2. The molecule has 0 bridgehead atoms. The van der Waals surface area contributed by atoms with Crippen molar-refractivity contribution < 1.29 is 18.3 Å². The zero-order valence-corrected chi connectivity index (χ0v) is 16.3. The fourth-order valence-electron chi connectivity index (χ4n) is 3.77. The molecule has 0 radical (unpaired) electrons. The van der Waals surface area contributed by atoms with Gasteiger partial charge in [0.25, 0.3) is 0 Å². The number of carbonyl (C=O) groups is 1. The van der Waals surface area contributed by atoms with Gasteiger partial charge in [0.05, 0.1) is 0 Å². The second-order valence-corrected chi connectivity index (χ2v) is 7.09. The Hall–Kier alpha value is -3.47. The standard InChI is InChI=1S/C25H21F2NO2/c26-23-14-7-9-17(24(23)27)8-5-6-15-28-25(29)30-16-22-20-12-3-1-10-18(20)19-11-2-4-13-21(19)22/h1-5,7-14,22H,6,15-16H2,(H,28,29). The van der Waals surface area contributed by atoms with Gasteiger partial charge in [-0.3, -0.25) is 0 Å². The normalized spacial score (nSPS) is 12.6. The molecule has 3 nitrogen and oxygen atoms in total. The SMILES string of the molecule is O=C(NCCC=Cc1cccc(F)c1F)OCC1c2ccccc2-c2ccccc21. The zero-order valence-electron chi connectivity index (χ0n) is 16.3. The summed E-state index contributed by atoms with van der Waals surface area (Å²) >= 11 is 0. The summed E-state index contributed by atoms with van der Waals surface area (Å²) in [6.07, 6.45) is 3.15. The van der Waals surface area contributed by atoms with Crippen LogP contribution in [0.5, 0.6) is 0 Å². The van der Waals surface area contributed by atoms with Crippen LogP contribution < -0.4 is 5.32 Å². The Morgan fingerprint density at radius 1 is 0.933 bits per heavy atom. The van der Waals surface area contributed by atoms with Gasteiger partial charge in [-0.1, -0.05) is 72.8 Å². The minimum Gasteiger partial charge on any atom is -0.449 e. The van der Waals surface area contributed by atoms with Crippen molar-refractivity contribution in [3.63, 3.8) is 0 Å². The zero-order chi connectivity index (χ0) is 20.9. The van der Waals surface area contributed by atoms with Crippen molar-refractivity contribution in [2.24, 2.45) is 0 Å². The molecule has 1 amide bonds. The van der Waals surface area contributed by atoms with Crippen LogP contribution in [0.3, 0.4) is 0 Å². The molecule has 0 spiro atoms. The van der Waals surface area contributed by atoms with Crippen LogP contribution in [0.2, 0.25) is 0 Å². The van der Waals surface area contributed by atoms with E-state index >= 15 is 0 Å². The third kappa shape index (κ3) is 4.10. The van der Waals surface area contributed by atoms with Gasteiger partial charge in [-0.25, -0.2) is 13.6 Å². The number of alkyl carbamates (subject to hydrolysis) is 1. The molecule has 30 heavy (non-hydrogen) atoms. The fourth-order valence-corrected chi connectivity index (χ4v) is 3.77. The number of hydrogen-bond acceptors (Lipinski definition) is 2. The number of nitrogens with one attached hydrogen (secondary N) is 1. The number of hydrogen-bond donors (Lipinski definition) is 1. The Balaban J connectivity index is 1.28. The fraction of sp³-hybridized carbons (Fsp3) is 0.160. The van der Waals surface area contributed by atoms with E-state index in [1.165, 1.54) is 29.3 Å². The maximum absolute atomic E-state index is 13.6. The van der Waals surface area contributed by atoms with Gasteiger partial charge in [-0.15, -0.1) is 0 Å². The van der Waals surface area contributed by atoms with Crippen molar-refractivity contribution in [3.8, 4) is 11.1 Å². The number of benzene rings is 3. The molecule has 4 rings (SSSR count). The minimum atomic E-state index is -0.881. The van der Waals surface area contributed by atoms with Gasteiger partial charge in [0, 0.05) is 18.0 Å². The molecule has 0 fully saturated rings. The van der Waals surface area contributed by atoms with Crippen molar-refractivity contribution in [2.45, 2.75) is 12.3 Å². The summed E-state index contributed by atoms with van der Waals surface area (Å²) in [7, 11) is 0. The number of amides is 1. The summed E-state index contributed by atoms with van der Waals surface area (Å²) in [5.74, 6) is -1.74.